The predicted molar refractivity (Wildman–Crippen MR) is 116 cm³/mol. The predicted octanol–water partition coefficient (Wildman–Crippen LogP) is 5.71. The quantitative estimate of drug-likeness (QED) is 0.180. The molecule has 0 unspecified atom stereocenters. The van der Waals surface area contributed by atoms with Gasteiger partial charge in [0.15, 0.2) is 10.9 Å². The molecular formula is C16H12Cl5N3O2S. The molecule has 0 atom stereocenters. The molecule has 0 bridgehead atoms. The number of hydrogen-bond acceptors (Lipinski definition) is 4. The maximum Gasteiger partial charge on any atom is 0.184 e. The van der Waals surface area contributed by atoms with Crippen LogP contribution in [0.1, 0.15) is 11.1 Å². The van der Waals surface area contributed by atoms with Crippen molar-refractivity contribution < 1.29 is 9.47 Å². The van der Waals surface area contributed by atoms with Gasteiger partial charge in [0.2, 0.25) is 0 Å². The molecule has 11 heteroatoms. The molecule has 5 nitrogen and oxygen atoms in total. The fourth-order valence-corrected chi connectivity index (χ4v) is 3.31. The van der Waals surface area contributed by atoms with Crippen LogP contribution in [0, 0.1) is 0 Å². The third-order valence-electron chi connectivity index (χ3n) is 3.23. The van der Waals surface area contributed by atoms with Crippen molar-refractivity contribution in [3.63, 3.8) is 0 Å². The first-order chi connectivity index (χ1) is 12.8. The highest BCUT2D eigenvalue weighted by molar-refractivity contribution is 7.80. The number of methoxy groups -OCH3 is 1. The smallest absolute Gasteiger partial charge is 0.184 e. The molecule has 144 valence electrons. The highest BCUT2D eigenvalue weighted by Crippen LogP contribution is 2.48. The minimum Gasteiger partial charge on any atom is -0.496 e. The van der Waals surface area contributed by atoms with Crippen LogP contribution in [0.25, 0.3) is 0 Å². The van der Waals surface area contributed by atoms with Crippen LogP contribution in [0.2, 0.25) is 25.1 Å². The number of benzene rings is 2. The Bertz CT molecular complexity index is 879. The second kappa shape index (κ2) is 9.87. The monoisotopic (exact) mass is 485 g/mol. The lowest BCUT2D eigenvalue weighted by atomic mass is 10.1. The summed E-state index contributed by atoms with van der Waals surface area (Å²) in [5, 5.41) is 4.26. The Morgan fingerprint density at radius 2 is 1.70 bits per heavy atom. The van der Waals surface area contributed by atoms with Gasteiger partial charge >= 0.3 is 0 Å². The summed E-state index contributed by atoms with van der Waals surface area (Å²) in [6.07, 6.45) is 1.54. The summed E-state index contributed by atoms with van der Waals surface area (Å²) in [5.41, 5.74) is 9.24. The maximum atomic E-state index is 6.18. The van der Waals surface area contributed by atoms with Crippen molar-refractivity contribution >= 4 is 81.5 Å². The Balaban J connectivity index is 2.30. The summed E-state index contributed by atoms with van der Waals surface area (Å²) < 4.78 is 11.1. The van der Waals surface area contributed by atoms with E-state index >= 15 is 0 Å². The number of hydrazone groups is 1. The molecular weight excluding hydrogens is 476 g/mol. The lowest BCUT2D eigenvalue weighted by molar-refractivity contribution is 0.297. The summed E-state index contributed by atoms with van der Waals surface area (Å²) in [4.78, 5) is 0. The van der Waals surface area contributed by atoms with Crippen molar-refractivity contribution in [2.75, 3.05) is 7.11 Å². The number of thiocarbonyl (C=S) groups is 1. The van der Waals surface area contributed by atoms with Gasteiger partial charge in [0.1, 0.15) is 22.4 Å². The maximum absolute atomic E-state index is 6.18. The van der Waals surface area contributed by atoms with E-state index in [1.54, 1.807) is 18.2 Å². The van der Waals surface area contributed by atoms with Gasteiger partial charge in [0.05, 0.1) is 28.4 Å². The summed E-state index contributed by atoms with van der Waals surface area (Å²) in [6, 6.07) is 5.35. The van der Waals surface area contributed by atoms with Crippen LogP contribution in [-0.4, -0.2) is 18.4 Å². The molecule has 0 saturated carbocycles. The number of ether oxygens (including phenoxy) is 2. The number of nitrogens with two attached hydrogens (primary N) is 1. The Morgan fingerprint density at radius 3 is 2.26 bits per heavy atom. The van der Waals surface area contributed by atoms with Crippen LogP contribution in [0.4, 0.5) is 0 Å². The van der Waals surface area contributed by atoms with Gasteiger partial charge in [-0.15, -0.1) is 0 Å². The van der Waals surface area contributed by atoms with Crippen LogP contribution in [-0.2, 0) is 6.61 Å². The molecule has 2 aromatic rings. The molecule has 0 fully saturated rings. The second-order valence-electron chi connectivity index (χ2n) is 4.99. The number of nitrogens with one attached hydrogen (secondary N) is 1. The van der Waals surface area contributed by atoms with Crippen molar-refractivity contribution in [3.8, 4) is 11.5 Å². The first-order valence-electron chi connectivity index (χ1n) is 7.15. The van der Waals surface area contributed by atoms with Gasteiger partial charge in [-0.2, -0.15) is 5.10 Å². The molecule has 0 aromatic heterocycles. The van der Waals surface area contributed by atoms with E-state index in [0.29, 0.717) is 11.3 Å². The molecule has 0 saturated heterocycles. The zero-order chi connectivity index (χ0) is 20.1. The summed E-state index contributed by atoms with van der Waals surface area (Å²) in [7, 11) is 1.54. The topological polar surface area (TPSA) is 68.9 Å². The van der Waals surface area contributed by atoms with E-state index in [9.17, 15) is 0 Å². The van der Waals surface area contributed by atoms with Crippen molar-refractivity contribution in [2.24, 2.45) is 10.8 Å². The van der Waals surface area contributed by atoms with Gasteiger partial charge in [-0.3, -0.25) is 5.43 Å². The minimum atomic E-state index is 0.0550. The van der Waals surface area contributed by atoms with E-state index in [-0.39, 0.29) is 42.6 Å². The van der Waals surface area contributed by atoms with Gasteiger partial charge in [-0.05, 0) is 36.0 Å². The van der Waals surface area contributed by atoms with E-state index in [1.807, 2.05) is 0 Å². The van der Waals surface area contributed by atoms with E-state index in [4.69, 9.17) is 73.2 Å². The molecule has 27 heavy (non-hydrogen) atoms. The van der Waals surface area contributed by atoms with Crippen LogP contribution >= 0.6 is 70.2 Å². The van der Waals surface area contributed by atoms with Crippen molar-refractivity contribution in [1.29, 1.82) is 0 Å². The zero-order valence-electron chi connectivity index (χ0n) is 13.7. The normalized spacial score (nSPS) is 10.9. The molecule has 0 heterocycles. The van der Waals surface area contributed by atoms with Gasteiger partial charge in [-0.1, -0.05) is 58.0 Å². The molecule has 0 aliphatic carbocycles. The molecule has 0 radical (unpaired) electrons. The Hall–Kier alpha value is -1.15. The summed E-state index contributed by atoms with van der Waals surface area (Å²) >= 11 is 35.1. The lowest BCUT2D eigenvalue weighted by Crippen LogP contribution is -2.24. The fourth-order valence-electron chi connectivity index (χ4n) is 2.02. The standard InChI is InChI=1S/C16H12Cl5N3O2S/c1-25-9-3-2-7(5-23-24-16(22)27)4-8(9)6-26-15-13(20)11(18)10(17)12(19)14(15)21/h2-5H,6H2,1H3,(H3,22,24,27). The molecule has 0 aliphatic heterocycles. The number of hydrogen-bond donors (Lipinski definition) is 2. The minimum absolute atomic E-state index is 0.0550. The third-order valence-corrected chi connectivity index (χ3v) is 5.57. The Labute approximate surface area is 186 Å². The van der Waals surface area contributed by atoms with Crippen LogP contribution in [0.3, 0.4) is 0 Å². The molecule has 0 spiro atoms. The largest absolute Gasteiger partial charge is 0.496 e. The van der Waals surface area contributed by atoms with Gasteiger partial charge in [0, 0.05) is 5.56 Å². The lowest BCUT2D eigenvalue weighted by Gasteiger charge is -2.15. The molecule has 0 amide bonds. The van der Waals surface area contributed by atoms with Gasteiger partial charge < -0.3 is 15.2 Å². The highest BCUT2D eigenvalue weighted by atomic mass is 35.5. The number of rotatable bonds is 6. The average molecular weight is 488 g/mol. The van der Waals surface area contributed by atoms with E-state index in [0.717, 1.165) is 5.56 Å². The third kappa shape index (κ3) is 5.44. The zero-order valence-corrected chi connectivity index (χ0v) is 18.3. The van der Waals surface area contributed by atoms with Gasteiger partial charge in [0.25, 0.3) is 0 Å². The van der Waals surface area contributed by atoms with Crippen molar-refractivity contribution in [3.05, 3.63) is 54.4 Å². The van der Waals surface area contributed by atoms with E-state index in [2.05, 4.69) is 22.7 Å². The Morgan fingerprint density at radius 1 is 1.11 bits per heavy atom. The van der Waals surface area contributed by atoms with Crippen molar-refractivity contribution in [2.45, 2.75) is 6.61 Å². The molecule has 3 N–H and O–H groups in total. The second-order valence-corrected chi connectivity index (χ2v) is 7.32. The SMILES string of the molecule is COc1ccc(C=NNC(N)=S)cc1COc1c(Cl)c(Cl)c(Cl)c(Cl)c1Cl. The summed E-state index contributed by atoms with van der Waals surface area (Å²) in [6.45, 7) is 0.0707. The highest BCUT2D eigenvalue weighted by Gasteiger charge is 2.21. The van der Waals surface area contributed by atoms with Crippen LogP contribution in [0.15, 0.2) is 23.3 Å². The molecule has 0 aliphatic rings. The first kappa shape index (κ1) is 22.1. The number of halogens is 5. The van der Waals surface area contributed by atoms with E-state index < -0.39 is 0 Å². The van der Waals surface area contributed by atoms with Crippen molar-refractivity contribution in [1.82, 2.24) is 5.43 Å². The van der Waals surface area contributed by atoms with Crippen LogP contribution < -0.4 is 20.6 Å². The molecule has 2 rings (SSSR count). The Kier molecular flexibility index (Phi) is 8.09. The molecule has 2 aromatic carbocycles. The van der Waals surface area contributed by atoms with Crippen LogP contribution in [0.5, 0.6) is 11.5 Å². The van der Waals surface area contributed by atoms with Gasteiger partial charge in [-0.25, -0.2) is 0 Å². The fraction of sp³-hybridized carbons (Fsp3) is 0.125. The first-order valence-corrected chi connectivity index (χ1v) is 9.45. The summed E-state index contributed by atoms with van der Waals surface area (Å²) in [5.74, 6) is 0.710. The van der Waals surface area contributed by atoms with E-state index in [1.165, 1.54) is 13.3 Å². The number of nitrogens with zero attached hydrogens (tertiary/aromatic N) is 1. The average Bonchev–Trinajstić information content (AvgIpc) is 2.64.